The fraction of sp³-hybridized carbons (Fsp3) is 0.286. The van der Waals surface area contributed by atoms with Gasteiger partial charge in [0, 0.05) is 31.5 Å². The predicted molar refractivity (Wildman–Crippen MR) is 101 cm³/mol. The number of benzene rings is 2. The van der Waals surface area contributed by atoms with Crippen LogP contribution in [0.4, 0.5) is 0 Å². The highest BCUT2D eigenvalue weighted by Gasteiger charge is 2.37. The first-order chi connectivity index (χ1) is 12.2. The summed E-state index contributed by atoms with van der Waals surface area (Å²) in [7, 11) is 0. The molecule has 1 saturated heterocycles. The number of carbonyl (C=O) groups excluding carboxylic acids is 1. The third kappa shape index (κ3) is 3.16. The minimum atomic E-state index is -0.301. The number of piperidine rings is 1. The maximum Gasteiger partial charge on any atom is 0.237 e. The molecule has 3 nitrogen and oxygen atoms in total. The standard InChI is InChI=1S/C21H20ClNO2/c22-15-20(24)23-12-10-21(11-13-23)9-8-18-14-17(6-7-19(18)25-21)16-4-2-1-3-5-16/h1-9,14H,10-13,15H2. The second kappa shape index (κ2) is 6.57. The molecule has 0 radical (unpaired) electrons. The van der Waals surface area contributed by atoms with Crippen LogP contribution in [0.5, 0.6) is 5.75 Å². The molecule has 0 saturated carbocycles. The van der Waals surface area contributed by atoms with Gasteiger partial charge in [-0.1, -0.05) is 42.5 Å². The minimum Gasteiger partial charge on any atom is -0.482 e. The van der Waals surface area contributed by atoms with Gasteiger partial charge in [-0.3, -0.25) is 4.79 Å². The van der Waals surface area contributed by atoms with Gasteiger partial charge in [0.1, 0.15) is 17.2 Å². The Morgan fingerprint density at radius 1 is 1.08 bits per heavy atom. The number of hydrogen-bond donors (Lipinski definition) is 0. The Balaban J connectivity index is 1.53. The molecule has 0 unspecified atom stereocenters. The van der Waals surface area contributed by atoms with Crippen molar-refractivity contribution in [2.45, 2.75) is 18.4 Å². The maximum atomic E-state index is 11.7. The number of halogens is 1. The molecule has 2 heterocycles. The van der Waals surface area contributed by atoms with Gasteiger partial charge in [-0.05, 0) is 29.3 Å². The molecule has 1 amide bonds. The van der Waals surface area contributed by atoms with Crippen LogP contribution in [0.25, 0.3) is 17.2 Å². The summed E-state index contributed by atoms with van der Waals surface area (Å²) in [6.45, 7) is 1.38. The van der Waals surface area contributed by atoms with Crippen LogP contribution in [0.15, 0.2) is 54.6 Å². The molecule has 0 N–H and O–H groups in total. The van der Waals surface area contributed by atoms with Crippen LogP contribution in [0.1, 0.15) is 18.4 Å². The van der Waals surface area contributed by atoms with Gasteiger partial charge in [0.15, 0.2) is 0 Å². The fourth-order valence-electron chi connectivity index (χ4n) is 3.56. The van der Waals surface area contributed by atoms with E-state index in [1.165, 1.54) is 11.1 Å². The Morgan fingerprint density at radius 3 is 2.56 bits per heavy atom. The van der Waals surface area contributed by atoms with Crippen molar-refractivity contribution in [3.05, 3.63) is 60.2 Å². The topological polar surface area (TPSA) is 29.5 Å². The first-order valence-corrected chi connectivity index (χ1v) is 9.14. The molecule has 1 spiro atoms. The summed E-state index contributed by atoms with van der Waals surface area (Å²) in [5.74, 6) is 0.970. The van der Waals surface area contributed by atoms with Crippen LogP contribution in [0.3, 0.4) is 0 Å². The van der Waals surface area contributed by atoms with E-state index in [1.54, 1.807) is 0 Å². The van der Waals surface area contributed by atoms with Crippen molar-refractivity contribution in [2.24, 2.45) is 0 Å². The van der Waals surface area contributed by atoms with Crippen LogP contribution < -0.4 is 4.74 Å². The lowest BCUT2D eigenvalue weighted by atomic mass is 9.87. The molecular formula is C21H20ClNO2. The molecule has 0 aromatic heterocycles. The lowest BCUT2D eigenvalue weighted by Crippen LogP contribution is -2.49. The summed E-state index contributed by atoms with van der Waals surface area (Å²) >= 11 is 5.66. The third-order valence-electron chi connectivity index (χ3n) is 5.07. The molecule has 2 aromatic carbocycles. The Kier molecular flexibility index (Phi) is 4.26. The van der Waals surface area contributed by atoms with Crippen LogP contribution in [0, 0.1) is 0 Å². The summed E-state index contributed by atoms with van der Waals surface area (Å²) in [4.78, 5) is 13.6. The van der Waals surface area contributed by atoms with E-state index in [0.717, 1.165) is 24.2 Å². The molecule has 0 bridgehead atoms. The lowest BCUT2D eigenvalue weighted by molar-refractivity contribution is -0.131. The number of rotatable bonds is 2. The molecule has 2 aliphatic heterocycles. The second-order valence-corrected chi connectivity index (χ2v) is 6.90. The van der Waals surface area contributed by atoms with Gasteiger partial charge >= 0.3 is 0 Å². The zero-order chi connectivity index (χ0) is 17.3. The third-order valence-corrected chi connectivity index (χ3v) is 5.30. The van der Waals surface area contributed by atoms with Gasteiger partial charge in [0.25, 0.3) is 0 Å². The molecular weight excluding hydrogens is 334 g/mol. The average Bonchev–Trinajstić information content (AvgIpc) is 2.68. The lowest BCUT2D eigenvalue weighted by Gasteiger charge is -2.41. The van der Waals surface area contributed by atoms with Crippen molar-refractivity contribution < 1.29 is 9.53 Å². The van der Waals surface area contributed by atoms with Gasteiger partial charge in [-0.25, -0.2) is 0 Å². The molecule has 0 atom stereocenters. The first kappa shape index (κ1) is 16.2. The van der Waals surface area contributed by atoms with E-state index in [9.17, 15) is 4.79 Å². The molecule has 128 valence electrons. The number of nitrogens with zero attached hydrogens (tertiary/aromatic N) is 1. The van der Waals surface area contributed by atoms with Crippen LogP contribution in [-0.2, 0) is 4.79 Å². The van der Waals surface area contributed by atoms with Gasteiger partial charge < -0.3 is 9.64 Å². The van der Waals surface area contributed by atoms with E-state index in [2.05, 4.69) is 42.5 Å². The maximum absolute atomic E-state index is 11.7. The average molecular weight is 354 g/mol. The predicted octanol–water partition coefficient (Wildman–Crippen LogP) is 4.36. The molecule has 1 fully saturated rings. The van der Waals surface area contributed by atoms with Crippen molar-refractivity contribution >= 4 is 23.6 Å². The van der Waals surface area contributed by atoms with E-state index in [-0.39, 0.29) is 17.4 Å². The summed E-state index contributed by atoms with van der Waals surface area (Å²) in [6, 6.07) is 16.7. The normalized spacial score (nSPS) is 17.9. The highest BCUT2D eigenvalue weighted by molar-refractivity contribution is 6.27. The monoisotopic (exact) mass is 353 g/mol. The van der Waals surface area contributed by atoms with Crippen LogP contribution >= 0.6 is 11.6 Å². The molecule has 2 aromatic rings. The van der Waals surface area contributed by atoms with Gasteiger partial charge in [-0.15, -0.1) is 11.6 Å². The largest absolute Gasteiger partial charge is 0.482 e. The van der Waals surface area contributed by atoms with Crippen LogP contribution in [-0.4, -0.2) is 35.4 Å². The zero-order valence-electron chi connectivity index (χ0n) is 14.0. The zero-order valence-corrected chi connectivity index (χ0v) is 14.7. The van der Waals surface area contributed by atoms with Gasteiger partial charge in [-0.2, -0.15) is 0 Å². The van der Waals surface area contributed by atoms with Crippen molar-refractivity contribution in [3.63, 3.8) is 0 Å². The summed E-state index contributed by atoms with van der Waals surface area (Å²) in [6.07, 6.45) is 5.91. The number of amides is 1. The van der Waals surface area contributed by atoms with Crippen molar-refractivity contribution in [2.75, 3.05) is 19.0 Å². The Morgan fingerprint density at radius 2 is 1.84 bits per heavy atom. The summed E-state index contributed by atoms with van der Waals surface area (Å²) < 4.78 is 6.36. The van der Waals surface area contributed by atoms with Crippen molar-refractivity contribution in [1.29, 1.82) is 0 Å². The minimum absolute atomic E-state index is 0.00390. The molecule has 25 heavy (non-hydrogen) atoms. The number of carbonyl (C=O) groups is 1. The van der Waals surface area contributed by atoms with Crippen molar-refractivity contribution in [3.8, 4) is 16.9 Å². The Labute approximate surface area is 152 Å². The number of alkyl halides is 1. The van der Waals surface area contributed by atoms with E-state index in [4.69, 9.17) is 16.3 Å². The Hall–Kier alpha value is -2.26. The van der Waals surface area contributed by atoms with E-state index in [0.29, 0.717) is 13.1 Å². The smallest absolute Gasteiger partial charge is 0.237 e. The van der Waals surface area contributed by atoms with E-state index >= 15 is 0 Å². The van der Waals surface area contributed by atoms with E-state index in [1.807, 2.05) is 23.1 Å². The summed E-state index contributed by atoms with van der Waals surface area (Å²) in [5, 5.41) is 0. The number of fused-ring (bicyclic) bond motifs is 1. The highest BCUT2D eigenvalue weighted by atomic mass is 35.5. The van der Waals surface area contributed by atoms with E-state index < -0.39 is 0 Å². The molecule has 4 heteroatoms. The van der Waals surface area contributed by atoms with Gasteiger partial charge in [0.2, 0.25) is 5.91 Å². The van der Waals surface area contributed by atoms with Crippen LogP contribution in [0.2, 0.25) is 0 Å². The molecule has 2 aliphatic rings. The fourth-order valence-corrected chi connectivity index (χ4v) is 3.73. The quantitative estimate of drug-likeness (QED) is 0.751. The SMILES string of the molecule is O=C(CCl)N1CCC2(C=Cc3cc(-c4ccccc4)ccc3O2)CC1. The second-order valence-electron chi connectivity index (χ2n) is 6.63. The number of ether oxygens (including phenoxy) is 1. The van der Waals surface area contributed by atoms with Gasteiger partial charge in [0.05, 0.1) is 0 Å². The first-order valence-electron chi connectivity index (χ1n) is 8.61. The number of likely N-dealkylation sites (tertiary alicyclic amines) is 1. The van der Waals surface area contributed by atoms with Crippen molar-refractivity contribution in [1.82, 2.24) is 4.90 Å². The Bertz CT molecular complexity index is 808. The molecule has 4 rings (SSSR count). The highest BCUT2D eigenvalue weighted by Crippen LogP contribution is 2.38. The number of hydrogen-bond acceptors (Lipinski definition) is 2. The summed E-state index contributed by atoms with van der Waals surface area (Å²) in [5.41, 5.74) is 3.19. The molecule has 0 aliphatic carbocycles.